The van der Waals surface area contributed by atoms with Crippen molar-refractivity contribution in [2.45, 2.75) is 13.8 Å². The Bertz CT molecular complexity index is 853. The van der Waals surface area contributed by atoms with Gasteiger partial charge in [0.05, 0.1) is 17.6 Å². The first-order valence-electron chi connectivity index (χ1n) is 7.42. The van der Waals surface area contributed by atoms with Crippen molar-refractivity contribution >= 4 is 17.4 Å². The second kappa shape index (κ2) is 7.16. The predicted octanol–water partition coefficient (Wildman–Crippen LogP) is 2.60. The van der Waals surface area contributed by atoms with Crippen LogP contribution in [0.4, 0.5) is 5.69 Å². The summed E-state index contributed by atoms with van der Waals surface area (Å²) in [4.78, 5) is 34.3. The molecule has 0 atom stereocenters. The number of carbonyl (C=O) groups is 2. The molecule has 0 spiro atoms. The predicted molar refractivity (Wildman–Crippen MR) is 89.1 cm³/mol. The fraction of sp³-hybridized carbons (Fsp3) is 0.294. The van der Waals surface area contributed by atoms with E-state index < -0.39 is 16.6 Å². The molecule has 132 valence electrons. The van der Waals surface area contributed by atoms with E-state index in [0.717, 1.165) is 17.5 Å². The Morgan fingerprint density at radius 1 is 1.24 bits per heavy atom. The topological polar surface area (TPSA) is 101 Å². The van der Waals surface area contributed by atoms with Crippen LogP contribution in [-0.4, -0.2) is 35.0 Å². The number of nitro groups is 1. The molecule has 0 unspecified atom stereocenters. The summed E-state index contributed by atoms with van der Waals surface area (Å²) < 4.78 is 11.7. The second-order valence-electron chi connectivity index (χ2n) is 5.49. The van der Waals surface area contributed by atoms with E-state index in [9.17, 15) is 19.7 Å². The minimum Gasteiger partial charge on any atom is -0.478 e. The molecule has 0 amide bonds. The number of methoxy groups -OCH3 is 1. The summed E-state index contributed by atoms with van der Waals surface area (Å²) in [5, 5.41) is 11.2. The lowest BCUT2D eigenvalue weighted by atomic mass is 10.1. The number of nitrogens with zero attached hydrogens (tertiary/aromatic N) is 2. The highest BCUT2D eigenvalue weighted by Gasteiger charge is 2.21. The highest BCUT2D eigenvalue weighted by molar-refractivity contribution is 5.98. The van der Waals surface area contributed by atoms with Gasteiger partial charge in [-0.3, -0.25) is 14.9 Å². The lowest BCUT2D eigenvalue weighted by Crippen LogP contribution is -2.13. The number of esters is 1. The minimum atomic E-state index is -0.693. The number of benzene rings is 1. The van der Waals surface area contributed by atoms with E-state index in [2.05, 4.69) is 4.74 Å². The molecule has 1 aromatic heterocycles. The Morgan fingerprint density at radius 2 is 1.92 bits per heavy atom. The van der Waals surface area contributed by atoms with E-state index in [4.69, 9.17) is 4.74 Å². The Balaban J connectivity index is 2.22. The van der Waals surface area contributed by atoms with Crippen LogP contribution in [0.1, 0.15) is 32.1 Å². The zero-order valence-electron chi connectivity index (χ0n) is 14.4. The number of carbonyl (C=O) groups excluding carboxylic acids is 2. The summed E-state index contributed by atoms with van der Waals surface area (Å²) in [6.07, 6.45) is 0. The quantitative estimate of drug-likeness (QED) is 0.345. The minimum absolute atomic E-state index is 0.0300. The largest absolute Gasteiger partial charge is 0.478 e. The van der Waals surface area contributed by atoms with Crippen LogP contribution < -0.4 is 4.74 Å². The third-order valence-corrected chi connectivity index (χ3v) is 4.01. The normalized spacial score (nSPS) is 10.4. The first-order chi connectivity index (χ1) is 11.8. The fourth-order valence-electron chi connectivity index (χ4n) is 2.39. The summed E-state index contributed by atoms with van der Waals surface area (Å²) in [6, 6.07) is 5.43. The zero-order chi connectivity index (χ0) is 18.7. The third kappa shape index (κ3) is 3.68. The van der Waals surface area contributed by atoms with Gasteiger partial charge in [-0.05, 0) is 32.0 Å². The van der Waals surface area contributed by atoms with Crippen molar-refractivity contribution in [2.24, 2.45) is 7.05 Å². The van der Waals surface area contributed by atoms with Crippen LogP contribution >= 0.6 is 0 Å². The molecule has 8 heteroatoms. The maximum atomic E-state index is 12.3. The van der Waals surface area contributed by atoms with E-state index in [1.165, 1.54) is 19.2 Å². The van der Waals surface area contributed by atoms with Gasteiger partial charge in [0, 0.05) is 30.1 Å². The highest BCUT2D eigenvalue weighted by Crippen LogP contribution is 2.28. The van der Waals surface area contributed by atoms with E-state index in [-0.39, 0.29) is 23.7 Å². The molecule has 8 nitrogen and oxygen atoms in total. The lowest BCUT2D eigenvalue weighted by Gasteiger charge is -2.08. The number of aryl methyl sites for hydroxylation is 1. The zero-order valence-corrected chi connectivity index (χ0v) is 14.4. The molecular weight excluding hydrogens is 328 g/mol. The number of aromatic nitrogens is 1. The van der Waals surface area contributed by atoms with Crippen molar-refractivity contribution in [3.05, 3.63) is 56.9 Å². The van der Waals surface area contributed by atoms with Crippen LogP contribution in [0.15, 0.2) is 24.3 Å². The van der Waals surface area contributed by atoms with Crippen molar-refractivity contribution in [3.63, 3.8) is 0 Å². The Hall–Kier alpha value is -3.16. The van der Waals surface area contributed by atoms with Gasteiger partial charge in [-0.25, -0.2) is 4.79 Å². The van der Waals surface area contributed by atoms with Crippen molar-refractivity contribution < 1.29 is 24.0 Å². The van der Waals surface area contributed by atoms with Gasteiger partial charge in [0.2, 0.25) is 5.78 Å². The molecule has 1 aromatic carbocycles. The summed E-state index contributed by atoms with van der Waals surface area (Å²) >= 11 is 0. The average Bonchev–Trinajstić information content (AvgIpc) is 2.86. The second-order valence-corrected chi connectivity index (χ2v) is 5.49. The summed E-state index contributed by atoms with van der Waals surface area (Å²) in [6.45, 7) is 3.34. The monoisotopic (exact) mass is 346 g/mol. The number of hydrogen-bond acceptors (Lipinski definition) is 6. The lowest BCUT2D eigenvalue weighted by molar-refractivity contribution is -0.385. The maximum Gasteiger partial charge on any atom is 0.338 e. The molecular formula is C17H18N2O6. The first-order valence-corrected chi connectivity index (χ1v) is 7.42. The standard InChI is InChI=1S/C17H18N2O6/c1-10-7-13(11(2)18(10)3)15(20)9-25-16-6-5-12(17(21)24-4)8-14(16)19(22)23/h5-8H,9H2,1-4H3. The van der Waals surface area contributed by atoms with Gasteiger partial charge in [-0.15, -0.1) is 0 Å². The van der Waals surface area contributed by atoms with Crippen LogP contribution in [0.5, 0.6) is 5.75 Å². The number of hydrogen-bond donors (Lipinski definition) is 0. The highest BCUT2D eigenvalue weighted by atomic mass is 16.6. The molecule has 0 aliphatic heterocycles. The Labute approximate surface area is 144 Å². The van der Waals surface area contributed by atoms with Crippen molar-refractivity contribution in [1.29, 1.82) is 0 Å². The molecule has 2 rings (SSSR count). The summed E-state index contributed by atoms with van der Waals surface area (Å²) in [5.74, 6) is -1.06. The molecule has 0 saturated heterocycles. The molecule has 0 aliphatic carbocycles. The van der Waals surface area contributed by atoms with Crippen molar-refractivity contribution in [1.82, 2.24) is 4.57 Å². The molecule has 0 bridgehead atoms. The van der Waals surface area contributed by atoms with Crippen LogP contribution in [0.25, 0.3) is 0 Å². The van der Waals surface area contributed by atoms with Gasteiger partial charge in [0.15, 0.2) is 12.4 Å². The molecule has 0 aliphatic rings. The van der Waals surface area contributed by atoms with Gasteiger partial charge in [-0.2, -0.15) is 0 Å². The van der Waals surface area contributed by atoms with Crippen molar-refractivity contribution in [3.8, 4) is 5.75 Å². The van der Waals surface area contributed by atoms with Gasteiger partial charge in [0.1, 0.15) is 0 Å². The SMILES string of the molecule is COC(=O)c1ccc(OCC(=O)c2cc(C)n(C)c2C)c([N+](=O)[O-])c1. The number of nitro benzene ring substituents is 1. The number of ether oxygens (including phenoxy) is 2. The molecule has 0 N–H and O–H groups in total. The van der Waals surface area contributed by atoms with Gasteiger partial charge < -0.3 is 14.0 Å². The van der Waals surface area contributed by atoms with Gasteiger partial charge in [-0.1, -0.05) is 0 Å². The summed E-state index contributed by atoms with van der Waals surface area (Å²) in [7, 11) is 3.03. The van der Waals surface area contributed by atoms with E-state index >= 15 is 0 Å². The first kappa shape index (κ1) is 18.2. The molecule has 1 heterocycles. The van der Waals surface area contributed by atoms with E-state index in [1.807, 2.05) is 25.5 Å². The molecule has 25 heavy (non-hydrogen) atoms. The van der Waals surface area contributed by atoms with Gasteiger partial charge >= 0.3 is 11.7 Å². The number of ketones is 1. The van der Waals surface area contributed by atoms with Crippen LogP contribution in [-0.2, 0) is 11.8 Å². The molecule has 0 fully saturated rings. The molecule has 2 aromatic rings. The smallest absolute Gasteiger partial charge is 0.338 e. The summed E-state index contributed by atoms with van der Waals surface area (Å²) in [5.41, 5.74) is 1.85. The van der Waals surface area contributed by atoms with Crippen LogP contribution in [0.3, 0.4) is 0 Å². The van der Waals surface area contributed by atoms with Crippen molar-refractivity contribution in [2.75, 3.05) is 13.7 Å². The third-order valence-electron chi connectivity index (χ3n) is 4.01. The number of Topliss-reactive ketones (excluding diaryl/α,β-unsaturated/α-hetero) is 1. The van der Waals surface area contributed by atoms with Gasteiger partial charge in [0.25, 0.3) is 0 Å². The molecule has 0 saturated carbocycles. The number of rotatable bonds is 6. The van der Waals surface area contributed by atoms with Crippen LogP contribution in [0, 0.1) is 24.0 Å². The average molecular weight is 346 g/mol. The Morgan fingerprint density at radius 3 is 2.44 bits per heavy atom. The van der Waals surface area contributed by atoms with E-state index in [1.54, 1.807) is 6.07 Å². The fourth-order valence-corrected chi connectivity index (χ4v) is 2.39. The maximum absolute atomic E-state index is 12.3. The van der Waals surface area contributed by atoms with E-state index in [0.29, 0.717) is 5.56 Å². The van der Waals surface area contributed by atoms with Crippen LogP contribution in [0.2, 0.25) is 0 Å². The Kier molecular flexibility index (Phi) is 5.21. The molecule has 0 radical (unpaired) electrons.